The van der Waals surface area contributed by atoms with Crippen LogP contribution in [0.2, 0.25) is 0 Å². The Bertz CT molecular complexity index is 1440. The average molecular weight is 514 g/mol. The van der Waals surface area contributed by atoms with Crippen LogP contribution in [0.25, 0.3) is 20.8 Å². The molecule has 2 aromatic heterocycles. The van der Waals surface area contributed by atoms with E-state index in [4.69, 9.17) is 9.72 Å². The van der Waals surface area contributed by atoms with Crippen molar-refractivity contribution in [2.75, 3.05) is 31.8 Å². The summed E-state index contributed by atoms with van der Waals surface area (Å²) in [5, 5.41) is 4.40. The fourth-order valence-corrected chi connectivity index (χ4v) is 7.62. The predicted molar refractivity (Wildman–Crippen MR) is 137 cm³/mol. The molecule has 0 saturated carbocycles. The molecule has 0 atom stereocenters. The van der Waals surface area contributed by atoms with Crippen molar-refractivity contribution >= 4 is 53.6 Å². The van der Waals surface area contributed by atoms with Gasteiger partial charge in [-0.15, -0.1) is 22.7 Å². The van der Waals surface area contributed by atoms with Crippen LogP contribution in [-0.2, 0) is 27.6 Å². The molecule has 7 nitrogen and oxygen atoms in total. The highest BCUT2D eigenvalue weighted by Gasteiger charge is 2.28. The number of likely N-dealkylation sites (N-methyl/N-ethyl adjacent to an activating group) is 1. The van der Waals surface area contributed by atoms with Crippen LogP contribution in [0.1, 0.15) is 10.4 Å². The molecule has 0 spiro atoms. The van der Waals surface area contributed by atoms with Gasteiger partial charge in [-0.2, -0.15) is 0 Å². The standard InChI is InChI=1S/C24H23N3O4S3/c1-27-12-11-17-20(13-27)33-24(22(17)23-25-18-5-3-4-6-19(18)32-23)26-21(28)14-34(29,30)16-9-7-15(31-2)8-10-16/h3-10H,11-14H2,1-2H3,(H,26,28). The van der Waals surface area contributed by atoms with E-state index in [0.29, 0.717) is 10.8 Å². The lowest BCUT2D eigenvalue weighted by Crippen LogP contribution is -2.25. The number of amides is 1. The molecule has 0 bridgehead atoms. The van der Waals surface area contributed by atoms with Gasteiger partial charge in [-0.1, -0.05) is 12.1 Å². The number of nitrogens with zero attached hydrogens (tertiary/aromatic N) is 2. The number of hydrogen-bond donors (Lipinski definition) is 1. The number of para-hydroxylation sites is 1. The van der Waals surface area contributed by atoms with Crippen molar-refractivity contribution in [3.05, 3.63) is 59.0 Å². The van der Waals surface area contributed by atoms with Crippen LogP contribution in [0.15, 0.2) is 53.4 Å². The second kappa shape index (κ2) is 9.10. The van der Waals surface area contributed by atoms with Crippen molar-refractivity contribution in [2.24, 2.45) is 0 Å². The van der Waals surface area contributed by atoms with Gasteiger partial charge in [0.15, 0.2) is 9.84 Å². The molecule has 34 heavy (non-hydrogen) atoms. The first-order valence-corrected chi connectivity index (χ1v) is 14.0. The number of anilines is 1. The van der Waals surface area contributed by atoms with Crippen LogP contribution in [0, 0.1) is 0 Å². The molecule has 0 unspecified atom stereocenters. The maximum Gasteiger partial charge on any atom is 0.240 e. The number of methoxy groups -OCH3 is 1. The molecule has 0 aliphatic carbocycles. The van der Waals surface area contributed by atoms with Crippen LogP contribution in [-0.4, -0.2) is 50.7 Å². The number of carbonyl (C=O) groups excluding carboxylic acids is 1. The number of thiazole rings is 1. The van der Waals surface area contributed by atoms with E-state index < -0.39 is 21.5 Å². The number of benzene rings is 2. The molecule has 2 aromatic carbocycles. The zero-order chi connectivity index (χ0) is 23.9. The zero-order valence-electron chi connectivity index (χ0n) is 18.7. The Morgan fingerprint density at radius 1 is 1.15 bits per heavy atom. The molecule has 1 N–H and O–H groups in total. The first-order valence-electron chi connectivity index (χ1n) is 10.7. The number of carbonyl (C=O) groups is 1. The third kappa shape index (κ3) is 4.46. The summed E-state index contributed by atoms with van der Waals surface area (Å²) in [6.45, 7) is 1.71. The lowest BCUT2D eigenvalue weighted by molar-refractivity contribution is -0.113. The monoisotopic (exact) mass is 513 g/mol. The number of rotatable bonds is 6. The second-order valence-electron chi connectivity index (χ2n) is 8.17. The highest BCUT2D eigenvalue weighted by Crippen LogP contribution is 2.45. The summed E-state index contributed by atoms with van der Waals surface area (Å²) in [7, 11) is -0.216. The van der Waals surface area contributed by atoms with Crippen LogP contribution < -0.4 is 10.1 Å². The SMILES string of the molecule is COc1ccc(S(=O)(=O)CC(=O)Nc2sc3c(c2-c2nc4ccccc4s2)CCN(C)C3)cc1. The van der Waals surface area contributed by atoms with Crippen LogP contribution in [0.3, 0.4) is 0 Å². The van der Waals surface area contributed by atoms with E-state index in [0.717, 1.165) is 40.3 Å². The highest BCUT2D eigenvalue weighted by molar-refractivity contribution is 7.92. The lowest BCUT2D eigenvalue weighted by atomic mass is 10.0. The normalized spacial score (nSPS) is 14.2. The Morgan fingerprint density at radius 2 is 1.91 bits per heavy atom. The second-order valence-corrected chi connectivity index (χ2v) is 12.3. The first-order chi connectivity index (χ1) is 16.3. The smallest absolute Gasteiger partial charge is 0.240 e. The summed E-state index contributed by atoms with van der Waals surface area (Å²) < 4.78 is 31.8. The Labute approximate surface area is 205 Å². The quantitative estimate of drug-likeness (QED) is 0.410. The van der Waals surface area contributed by atoms with Gasteiger partial charge in [-0.05, 0) is 55.4 Å². The van der Waals surface area contributed by atoms with Crippen molar-refractivity contribution < 1.29 is 17.9 Å². The first kappa shape index (κ1) is 23.0. The largest absolute Gasteiger partial charge is 0.497 e. The number of sulfone groups is 1. The summed E-state index contributed by atoms with van der Waals surface area (Å²) in [6, 6.07) is 14.0. The van der Waals surface area contributed by atoms with E-state index in [1.165, 1.54) is 41.0 Å². The summed E-state index contributed by atoms with van der Waals surface area (Å²) in [5.41, 5.74) is 3.02. The van der Waals surface area contributed by atoms with Crippen LogP contribution in [0.5, 0.6) is 5.75 Å². The predicted octanol–water partition coefficient (Wildman–Crippen LogP) is 4.43. The van der Waals surface area contributed by atoms with Gasteiger partial charge in [0.25, 0.3) is 0 Å². The van der Waals surface area contributed by atoms with Crippen LogP contribution in [0.4, 0.5) is 5.00 Å². The van der Waals surface area contributed by atoms with Gasteiger partial charge in [0.2, 0.25) is 5.91 Å². The number of fused-ring (bicyclic) bond motifs is 2. The van der Waals surface area contributed by atoms with Gasteiger partial charge in [-0.25, -0.2) is 13.4 Å². The fraction of sp³-hybridized carbons (Fsp3) is 0.250. The molecule has 176 valence electrons. The molecule has 1 amide bonds. The zero-order valence-corrected chi connectivity index (χ0v) is 21.1. The number of aromatic nitrogens is 1. The lowest BCUT2D eigenvalue weighted by Gasteiger charge is -2.22. The Kier molecular flexibility index (Phi) is 6.15. The Balaban J connectivity index is 1.46. The van der Waals surface area contributed by atoms with Crippen molar-refractivity contribution in [3.8, 4) is 16.3 Å². The van der Waals surface area contributed by atoms with E-state index in [2.05, 4.69) is 17.3 Å². The number of ether oxygens (including phenoxy) is 1. The fourth-order valence-electron chi connectivity index (χ4n) is 4.03. The van der Waals surface area contributed by atoms with E-state index in [-0.39, 0.29) is 4.90 Å². The van der Waals surface area contributed by atoms with Crippen molar-refractivity contribution in [1.82, 2.24) is 9.88 Å². The summed E-state index contributed by atoms with van der Waals surface area (Å²) in [4.78, 5) is 21.2. The van der Waals surface area contributed by atoms with Gasteiger partial charge >= 0.3 is 0 Å². The van der Waals surface area contributed by atoms with E-state index in [1.807, 2.05) is 24.3 Å². The Hall–Kier alpha value is -2.79. The topological polar surface area (TPSA) is 88.6 Å². The van der Waals surface area contributed by atoms with E-state index in [9.17, 15) is 13.2 Å². The van der Waals surface area contributed by atoms with E-state index in [1.54, 1.807) is 23.5 Å². The summed E-state index contributed by atoms with van der Waals surface area (Å²) in [5.74, 6) is -0.649. The molecule has 0 fully saturated rings. The van der Waals surface area contributed by atoms with Crippen molar-refractivity contribution in [2.45, 2.75) is 17.9 Å². The van der Waals surface area contributed by atoms with Gasteiger partial charge in [0.05, 0.1) is 22.2 Å². The minimum Gasteiger partial charge on any atom is -0.497 e. The molecule has 0 saturated heterocycles. The van der Waals surface area contributed by atoms with Gasteiger partial charge in [-0.3, -0.25) is 4.79 Å². The summed E-state index contributed by atoms with van der Waals surface area (Å²) >= 11 is 3.09. The molecule has 0 radical (unpaired) electrons. The molecular formula is C24H23N3O4S3. The molecular weight excluding hydrogens is 490 g/mol. The third-order valence-corrected chi connectivity index (χ3v) is 9.57. The third-order valence-electron chi connectivity index (χ3n) is 5.75. The molecule has 1 aliphatic heterocycles. The number of hydrogen-bond acceptors (Lipinski definition) is 8. The average Bonchev–Trinajstić information content (AvgIpc) is 3.38. The number of thiophene rings is 1. The van der Waals surface area contributed by atoms with Crippen LogP contribution >= 0.6 is 22.7 Å². The van der Waals surface area contributed by atoms with Crippen molar-refractivity contribution in [1.29, 1.82) is 0 Å². The van der Waals surface area contributed by atoms with Crippen molar-refractivity contribution in [3.63, 3.8) is 0 Å². The maximum atomic E-state index is 12.9. The molecule has 4 aromatic rings. The highest BCUT2D eigenvalue weighted by atomic mass is 32.2. The molecule has 1 aliphatic rings. The maximum absolute atomic E-state index is 12.9. The van der Waals surface area contributed by atoms with E-state index >= 15 is 0 Å². The molecule has 5 rings (SSSR count). The molecule has 10 heteroatoms. The Morgan fingerprint density at radius 3 is 2.65 bits per heavy atom. The van der Waals surface area contributed by atoms with Gasteiger partial charge in [0, 0.05) is 23.5 Å². The van der Waals surface area contributed by atoms with Gasteiger partial charge < -0.3 is 15.0 Å². The van der Waals surface area contributed by atoms with Gasteiger partial charge in [0.1, 0.15) is 21.5 Å². The molecule has 3 heterocycles. The minimum atomic E-state index is -3.80. The summed E-state index contributed by atoms with van der Waals surface area (Å²) in [6.07, 6.45) is 0.855. The number of nitrogens with one attached hydrogen (secondary N) is 1. The minimum absolute atomic E-state index is 0.0851.